The van der Waals surface area contributed by atoms with Gasteiger partial charge in [0.25, 0.3) is 5.91 Å². The van der Waals surface area contributed by atoms with E-state index in [0.717, 1.165) is 25.3 Å². The van der Waals surface area contributed by atoms with Gasteiger partial charge in [0.2, 0.25) is 5.82 Å². The van der Waals surface area contributed by atoms with Crippen LogP contribution in [0.2, 0.25) is 0 Å². The third-order valence-corrected chi connectivity index (χ3v) is 3.58. The fraction of sp³-hybridized carbons (Fsp3) is 0.692. The van der Waals surface area contributed by atoms with Crippen molar-refractivity contribution in [1.82, 2.24) is 25.0 Å². The number of rotatable bonds is 5. The number of ether oxygens (including phenoxy) is 1. The van der Waals surface area contributed by atoms with Crippen LogP contribution < -0.4 is 0 Å². The zero-order valence-electron chi connectivity index (χ0n) is 12.5. The highest BCUT2D eigenvalue weighted by atomic mass is 16.5. The monoisotopic (exact) mass is 295 g/mol. The maximum absolute atomic E-state index is 12.2. The molecule has 0 spiro atoms. The largest absolute Gasteiger partial charge is 0.469 e. The molecule has 1 N–H and O–H groups in total. The molecule has 8 heteroatoms. The summed E-state index contributed by atoms with van der Waals surface area (Å²) in [6.07, 6.45) is 1.10. The summed E-state index contributed by atoms with van der Waals surface area (Å²) in [4.78, 5) is 31.4. The first-order valence-corrected chi connectivity index (χ1v) is 7.13. The second-order valence-corrected chi connectivity index (χ2v) is 4.92. The molecule has 0 atom stereocenters. The minimum atomic E-state index is -0.207. The van der Waals surface area contributed by atoms with Gasteiger partial charge in [0, 0.05) is 39.1 Å². The lowest BCUT2D eigenvalue weighted by molar-refractivity contribution is -0.141. The van der Waals surface area contributed by atoms with Crippen molar-refractivity contribution in [2.45, 2.75) is 19.8 Å². The predicted octanol–water partition coefficient (Wildman–Crippen LogP) is -0.312. The van der Waals surface area contributed by atoms with Gasteiger partial charge in [-0.15, -0.1) is 5.10 Å². The first-order chi connectivity index (χ1) is 10.1. The lowest BCUT2D eigenvalue weighted by Crippen LogP contribution is -2.49. The average molecular weight is 295 g/mol. The van der Waals surface area contributed by atoms with Gasteiger partial charge >= 0.3 is 5.97 Å². The molecule has 2 rings (SSSR count). The lowest BCUT2D eigenvalue weighted by atomic mass is 10.3. The normalized spacial score (nSPS) is 16.0. The molecular formula is C13H21N5O3. The molecule has 1 aromatic rings. The summed E-state index contributed by atoms with van der Waals surface area (Å²) >= 11 is 0. The van der Waals surface area contributed by atoms with Gasteiger partial charge in [-0.25, -0.2) is 4.98 Å². The molecule has 21 heavy (non-hydrogen) atoms. The number of H-pyrrole nitrogens is 1. The van der Waals surface area contributed by atoms with Gasteiger partial charge in [-0.2, -0.15) is 0 Å². The zero-order valence-corrected chi connectivity index (χ0v) is 12.5. The predicted molar refractivity (Wildman–Crippen MR) is 74.7 cm³/mol. The van der Waals surface area contributed by atoms with Crippen molar-refractivity contribution < 1.29 is 14.3 Å². The van der Waals surface area contributed by atoms with Gasteiger partial charge in [0.15, 0.2) is 0 Å². The highest BCUT2D eigenvalue weighted by molar-refractivity contribution is 5.90. The van der Waals surface area contributed by atoms with Gasteiger partial charge in [0.05, 0.1) is 13.5 Å². The molecule has 1 saturated heterocycles. The van der Waals surface area contributed by atoms with E-state index >= 15 is 0 Å². The minimum absolute atomic E-state index is 0.140. The molecule has 0 saturated carbocycles. The molecule has 1 fully saturated rings. The molecule has 1 aliphatic rings. The molecule has 2 heterocycles. The summed E-state index contributed by atoms with van der Waals surface area (Å²) < 4.78 is 4.62. The summed E-state index contributed by atoms with van der Waals surface area (Å²) in [5.41, 5.74) is 0. The van der Waals surface area contributed by atoms with E-state index < -0.39 is 0 Å². The third kappa shape index (κ3) is 4.01. The molecule has 0 bridgehead atoms. The van der Waals surface area contributed by atoms with Gasteiger partial charge in [0.1, 0.15) is 5.82 Å². The van der Waals surface area contributed by atoms with Crippen LogP contribution in [0.3, 0.4) is 0 Å². The summed E-state index contributed by atoms with van der Waals surface area (Å²) in [7, 11) is 1.39. The van der Waals surface area contributed by atoms with E-state index in [4.69, 9.17) is 0 Å². The Morgan fingerprint density at radius 2 is 2.00 bits per heavy atom. The van der Waals surface area contributed by atoms with E-state index in [1.54, 1.807) is 4.90 Å². The van der Waals surface area contributed by atoms with Gasteiger partial charge in [-0.1, -0.05) is 6.92 Å². The van der Waals surface area contributed by atoms with E-state index in [-0.39, 0.29) is 17.7 Å². The number of carbonyl (C=O) groups excluding carboxylic acids is 2. The van der Waals surface area contributed by atoms with Crippen molar-refractivity contribution in [1.29, 1.82) is 0 Å². The number of nitrogens with zero attached hydrogens (tertiary/aromatic N) is 4. The van der Waals surface area contributed by atoms with Crippen LogP contribution in [-0.4, -0.2) is 76.7 Å². The quantitative estimate of drug-likeness (QED) is 0.749. The van der Waals surface area contributed by atoms with Crippen LogP contribution in [0.1, 0.15) is 29.8 Å². The van der Waals surface area contributed by atoms with Gasteiger partial charge in [-0.3, -0.25) is 19.6 Å². The Morgan fingerprint density at radius 1 is 1.29 bits per heavy atom. The van der Waals surface area contributed by atoms with Crippen LogP contribution in [0.5, 0.6) is 0 Å². The van der Waals surface area contributed by atoms with Crippen LogP contribution in [0.15, 0.2) is 0 Å². The number of amides is 1. The molecule has 116 valence electrons. The Balaban J connectivity index is 1.80. The first-order valence-electron chi connectivity index (χ1n) is 7.13. The number of aromatic amines is 1. The van der Waals surface area contributed by atoms with Crippen LogP contribution in [-0.2, 0) is 16.0 Å². The standard InChI is InChI=1S/C13H21N5O3/c1-3-10-14-12(16-15-10)13(20)18-8-6-17(7-9-18)5-4-11(19)21-2/h3-9H2,1-2H3,(H,14,15,16). The highest BCUT2D eigenvalue weighted by Gasteiger charge is 2.24. The molecule has 1 aromatic heterocycles. The number of aromatic nitrogens is 3. The van der Waals surface area contributed by atoms with Crippen LogP contribution in [0, 0.1) is 0 Å². The van der Waals surface area contributed by atoms with Gasteiger partial charge in [-0.05, 0) is 0 Å². The fourth-order valence-corrected chi connectivity index (χ4v) is 2.22. The molecule has 0 radical (unpaired) electrons. The summed E-state index contributed by atoms with van der Waals surface area (Å²) in [5.74, 6) is 0.602. The summed E-state index contributed by atoms with van der Waals surface area (Å²) in [5, 5.41) is 6.70. The summed E-state index contributed by atoms with van der Waals surface area (Å²) in [6, 6.07) is 0. The Hall–Kier alpha value is -1.96. The zero-order chi connectivity index (χ0) is 15.2. The Morgan fingerprint density at radius 3 is 2.57 bits per heavy atom. The van der Waals surface area contributed by atoms with Crippen molar-refractivity contribution in [3.63, 3.8) is 0 Å². The smallest absolute Gasteiger partial charge is 0.306 e. The SMILES string of the molecule is CCc1nc(C(=O)N2CCN(CCC(=O)OC)CC2)n[nH]1. The average Bonchev–Trinajstić information content (AvgIpc) is 3.01. The molecule has 0 unspecified atom stereocenters. The van der Waals surface area contributed by atoms with Crippen LogP contribution >= 0.6 is 0 Å². The topological polar surface area (TPSA) is 91.4 Å². The number of hydrogen-bond acceptors (Lipinski definition) is 6. The lowest BCUT2D eigenvalue weighted by Gasteiger charge is -2.33. The molecule has 0 aliphatic carbocycles. The number of aryl methyl sites for hydroxylation is 1. The Kier molecular flexibility index (Phi) is 5.26. The second kappa shape index (κ2) is 7.16. The number of nitrogens with one attached hydrogen (secondary N) is 1. The Bertz CT molecular complexity index is 494. The van der Waals surface area contributed by atoms with Crippen molar-refractivity contribution in [3.05, 3.63) is 11.6 Å². The van der Waals surface area contributed by atoms with Crippen LogP contribution in [0.4, 0.5) is 0 Å². The van der Waals surface area contributed by atoms with E-state index in [1.165, 1.54) is 7.11 Å². The van der Waals surface area contributed by atoms with Crippen molar-refractivity contribution >= 4 is 11.9 Å². The number of esters is 1. The number of piperazine rings is 1. The van der Waals surface area contributed by atoms with E-state index in [0.29, 0.717) is 26.1 Å². The third-order valence-electron chi connectivity index (χ3n) is 3.58. The molecule has 8 nitrogen and oxygen atoms in total. The van der Waals surface area contributed by atoms with Crippen molar-refractivity contribution in [2.24, 2.45) is 0 Å². The van der Waals surface area contributed by atoms with E-state index in [1.807, 2.05) is 6.92 Å². The first kappa shape index (κ1) is 15.4. The molecule has 1 aliphatic heterocycles. The minimum Gasteiger partial charge on any atom is -0.469 e. The second-order valence-electron chi connectivity index (χ2n) is 4.92. The van der Waals surface area contributed by atoms with Crippen molar-refractivity contribution in [2.75, 3.05) is 39.8 Å². The van der Waals surface area contributed by atoms with Crippen LogP contribution in [0.25, 0.3) is 0 Å². The summed E-state index contributed by atoms with van der Waals surface area (Å²) in [6.45, 7) is 5.35. The maximum atomic E-state index is 12.2. The highest BCUT2D eigenvalue weighted by Crippen LogP contribution is 2.07. The molecule has 0 aromatic carbocycles. The molecular weight excluding hydrogens is 274 g/mol. The van der Waals surface area contributed by atoms with Gasteiger partial charge < -0.3 is 9.64 Å². The number of carbonyl (C=O) groups is 2. The number of hydrogen-bond donors (Lipinski definition) is 1. The van der Waals surface area contributed by atoms with E-state index in [2.05, 4.69) is 24.8 Å². The van der Waals surface area contributed by atoms with E-state index in [9.17, 15) is 9.59 Å². The maximum Gasteiger partial charge on any atom is 0.306 e. The number of methoxy groups -OCH3 is 1. The Labute approximate surface area is 123 Å². The molecule has 1 amide bonds. The fourth-order valence-electron chi connectivity index (χ4n) is 2.22. The van der Waals surface area contributed by atoms with Crippen molar-refractivity contribution in [3.8, 4) is 0 Å².